The van der Waals surface area contributed by atoms with Crippen LogP contribution in [-0.4, -0.2) is 23.7 Å². The highest BCUT2D eigenvalue weighted by Crippen LogP contribution is 2.40. The van der Waals surface area contributed by atoms with Crippen LogP contribution in [0.4, 0.5) is 13.2 Å². The van der Waals surface area contributed by atoms with Crippen LogP contribution in [0, 0.1) is 11.3 Å². The van der Waals surface area contributed by atoms with Crippen molar-refractivity contribution in [3.8, 4) is 6.07 Å². The summed E-state index contributed by atoms with van der Waals surface area (Å²) in [7, 11) is 0. The number of carbonyl (C=O) groups is 1. The molecular weight excluding hydrogens is 387 g/mol. The van der Waals surface area contributed by atoms with Gasteiger partial charge in [0.1, 0.15) is 11.1 Å². The van der Waals surface area contributed by atoms with Crippen LogP contribution in [0.3, 0.4) is 0 Å². The molecule has 1 aromatic heterocycles. The molecule has 146 valence electrons. The number of nitrogens with zero attached hydrogens (tertiary/aromatic N) is 2. The lowest BCUT2D eigenvalue weighted by molar-refractivity contribution is -0.137. The van der Waals surface area contributed by atoms with Gasteiger partial charge >= 0.3 is 6.18 Å². The maximum absolute atomic E-state index is 12.6. The van der Waals surface area contributed by atoms with Gasteiger partial charge < -0.3 is 5.32 Å². The molecule has 0 unspecified atom stereocenters. The fraction of sp³-hybridized carbons (Fsp3) is 0.350. The number of rotatable bonds is 6. The zero-order chi connectivity index (χ0) is 20.3. The van der Waals surface area contributed by atoms with Crippen molar-refractivity contribution in [3.63, 3.8) is 0 Å². The van der Waals surface area contributed by atoms with Crippen molar-refractivity contribution in [2.45, 2.75) is 36.4 Å². The number of nitrogens with one attached hydrogen (secondary N) is 1. The number of hydrogen-bond acceptors (Lipinski definition) is 4. The number of amides is 1. The summed E-state index contributed by atoms with van der Waals surface area (Å²) in [6.45, 7) is 0.255. The summed E-state index contributed by atoms with van der Waals surface area (Å²) in [6, 6.07) is 8.60. The Balaban J connectivity index is 1.68. The van der Waals surface area contributed by atoms with Gasteiger partial charge in [0.15, 0.2) is 0 Å². The molecule has 1 aliphatic rings. The van der Waals surface area contributed by atoms with Crippen LogP contribution in [0.5, 0.6) is 0 Å². The van der Waals surface area contributed by atoms with E-state index in [1.54, 1.807) is 6.07 Å². The maximum atomic E-state index is 12.6. The van der Waals surface area contributed by atoms with E-state index in [9.17, 15) is 23.2 Å². The number of carbonyl (C=O) groups excluding carboxylic acids is 1. The number of pyridine rings is 1. The van der Waals surface area contributed by atoms with E-state index < -0.39 is 11.7 Å². The summed E-state index contributed by atoms with van der Waals surface area (Å²) < 4.78 is 37.8. The predicted octanol–water partition coefficient (Wildman–Crippen LogP) is 4.54. The Morgan fingerprint density at radius 3 is 2.54 bits per heavy atom. The van der Waals surface area contributed by atoms with Gasteiger partial charge in [0.25, 0.3) is 5.91 Å². The molecule has 0 aliphatic heterocycles. The van der Waals surface area contributed by atoms with E-state index in [-0.39, 0.29) is 18.0 Å². The normalized spacial score (nSPS) is 13.8. The molecule has 1 N–H and O–H groups in total. The van der Waals surface area contributed by atoms with Crippen molar-refractivity contribution < 1.29 is 18.0 Å². The fourth-order valence-corrected chi connectivity index (χ4v) is 3.40. The predicted molar refractivity (Wildman–Crippen MR) is 100 cm³/mol. The van der Waals surface area contributed by atoms with Crippen molar-refractivity contribution >= 4 is 17.7 Å². The molecule has 4 nitrogen and oxygen atoms in total. The lowest BCUT2D eigenvalue weighted by Crippen LogP contribution is -2.27. The summed E-state index contributed by atoms with van der Waals surface area (Å²) in [4.78, 5) is 17.1. The minimum Gasteiger partial charge on any atom is -0.352 e. The monoisotopic (exact) mass is 405 g/mol. The van der Waals surface area contributed by atoms with Gasteiger partial charge in [-0.15, -0.1) is 11.8 Å². The van der Waals surface area contributed by atoms with Crippen LogP contribution in [0.25, 0.3) is 0 Å². The number of halogens is 3. The zero-order valence-corrected chi connectivity index (χ0v) is 16.0. The fourth-order valence-electron chi connectivity index (χ4n) is 2.84. The third-order valence-electron chi connectivity index (χ3n) is 4.53. The summed E-state index contributed by atoms with van der Waals surface area (Å²) >= 11 is 1.33. The van der Waals surface area contributed by atoms with Crippen molar-refractivity contribution in [3.05, 3.63) is 58.3 Å². The standard InChI is InChI=1S/C20H18F3N3OS/c1-28-19-16(11-24)15(10-17(26-19)13-4-5-13)18(27)25-9-8-12-2-6-14(7-3-12)20(21,22)23/h2-3,6-7,10,13H,4-5,8-9H2,1H3,(H,25,27). The lowest BCUT2D eigenvalue weighted by atomic mass is 10.1. The third kappa shape index (κ3) is 4.65. The molecule has 1 amide bonds. The number of alkyl halides is 3. The minimum atomic E-state index is -4.37. The highest BCUT2D eigenvalue weighted by atomic mass is 32.2. The summed E-state index contributed by atoms with van der Waals surface area (Å²) in [5.41, 5.74) is 1.37. The second-order valence-corrected chi connectivity index (χ2v) is 7.36. The number of aromatic nitrogens is 1. The van der Waals surface area contributed by atoms with Gasteiger partial charge in [-0.2, -0.15) is 18.4 Å². The van der Waals surface area contributed by atoms with E-state index in [2.05, 4.69) is 16.4 Å². The molecule has 0 bridgehead atoms. The van der Waals surface area contributed by atoms with Gasteiger partial charge in [0.2, 0.25) is 0 Å². The molecule has 2 aromatic rings. The molecule has 0 atom stereocenters. The van der Waals surface area contributed by atoms with Gasteiger partial charge in [-0.25, -0.2) is 4.98 Å². The van der Waals surface area contributed by atoms with Crippen LogP contribution in [0.1, 0.15) is 51.5 Å². The number of benzene rings is 1. The first kappa shape index (κ1) is 20.2. The highest BCUT2D eigenvalue weighted by molar-refractivity contribution is 7.98. The summed E-state index contributed by atoms with van der Waals surface area (Å²) in [5.74, 6) is -0.0274. The van der Waals surface area contributed by atoms with Gasteiger partial charge in [-0.1, -0.05) is 12.1 Å². The molecule has 1 aliphatic carbocycles. The van der Waals surface area contributed by atoms with Crippen molar-refractivity contribution in [2.24, 2.45) is 0 Å². The molecule has 1 heterocycles. The Morgan fingerprint density at radius 1 is 1.32 bits per heavy atom. The van der Waals surface area contributed by atoms with Crippen LogP contribution >= 0.6 is 11.8 Å². The molecule has 0 spiro atoms. The second kappa shape index (κ2) is 8.23. The molecule has 28 heavy (non-hydrogen) atoms. The maximum Gasteiger partial charge on any atom is 0.416 e. The number of nitriles is 1. The van der Waals surface area contributed by atoms with Gasteiger partial charge in [0.05, 0.1) is 16.7 Å². The van der Waals surface area contributed by atoms with Crippen LogP contribution < -0.4 is 5.32 Å². The van der Waals surface area contributed by atoms with E-state index in [4.69, 9.17) is 0 Å². The topological polar surface area (TPSA) is 65.8 Å². The smallest absolute Gasteiger partial charge is 0.352 e. The Labute approximate surface area is 165 Å². The average molecular weight is 405 g/mol. The largest absolute Gasteiger partial charge is 0.416 e. The van der Waals surface area contributed by atoms with Crippen molar-refractivity contribution in [1.82, 2.24) is 10.3 Å². The first-order valence-corrected chi connectivity index (χ1v) is 9.99. The lowest BCUT2D eigenvalue weighted by Gasteiger charge is -2.11. The van der Waals surface area contributed by atoms with E-state index in [0.717, 1.165) is 30.7 Å². The van der Waals surface area contributed by atoms with Crippen LogP contribution in [-0.2, 0) is 12.6 Å². The third-order valence-corrected chi connectivity index (χ3v) is 5.21. The minimum absolute atomic E-state index is 0.254. The first-order chi connectivity index (χ1) is 13.3. The van der Waals surface area contributed by atoms with Crippen molar-refractivity contribution in [1.29, 1.82) is 5.26 Å². The highest BCUT2D eigenvalue weighted by Gasteiger charge is 2.30. The Bertz CT molecular complexity index is 916. The second-order valence-electron chi connectivity index (χ2n) is 6.57. The van der Waals surface area contributed by atoms with Crippen LogP contribution in [0.15, 0.2) is 35.4 Å². The summed E-state index contributed by atoms with van der Waals surface area (Å²) in [5, 5.41) is 12.7. The van der Waals surface area contributed by atoms with E-state index in [1.165, 1.54) is 23.9 Å². The van der Waals surface area contributed by atoms with Crippen LogP contribution in [0.2, 0.25) is 0 Å². The number of hydrogen-bond donors (Lipinski definition) is 1. The first-order valence-electron chi connectivity index (χ1n) is 8.77. The van der Waals surface area contributed by atoms with E-state index in [1.807, 2.05) is 6.26 Å². The molecule has 3 rings (SSSR count). The average Bonchev–Trinajstić information content (AvgIpc) is 3.51. The van der Waals surface area contributed by atoms with E-state index in [0.29, 0.717) is 28.5 Å². The molecule has 8 heteroatoms. The Kier molecular flexibility index (Phi) is 5.94. The van der Waals surface area contributed by atoms with Gasteiger partial charge in [0, 0.05) is 18.2 Å². The molecule has 1 saturated carbocycles. The Morgan fingerprint density at radius 2 is 2.00 bits per heavy atom. The quantitative estimate of drug-likeness (QED) is 0.717. The Hall–Kier alpha value is -2.53. The number of thioether (sulfide) groups is 1. The van der Waals surface area contributed by atoms with Crippen molar-refractivity contribution in [2.75, 3.05) is 12.8 Å². The molecule has 1 aromatic carbocycles. The van der Waals surface area contributed by atoms with Gasteiger partial charge in [-0.05, 0) is 49.3 Å². The molecule has 0 radical (unpaired) electrons. The molecule has 0 saturated heterocycles. The van der Waals surface area contributed by atoms with Gasteiger partial charge in [-0.3, -0.25) is 4.79 Å². The SMILES string of the molecule is CSc1nc(C2CC2)cc(C(=O)NCCc2ccc(C(F)(F)F)cc2)c1C#N. The molecule has 1 fully saturated rings. The zero-order valence-electron chi connectivity index (χ0n) is 15.1. The molecular formula is C20H18F3N3OS. The summed E-state index contributed by atoms with van der Waals surface area (Å²) in [6.07, 6.45) is -0.104. The van der Waals surface area contributed by atoms with E-state index >= 15 is 0 Å².